The summed E-state index contributed by atoms with van der Waals surface area (Å²) < 4.78 is 4.94. The smallest absolute Gasteiger partial charge is 0.407 e. The highest BCUT2D eigenvalue weighted by Crippen LogP contribution is 2.31. The van der Waals surface area contributed by atoms with Crippen molar-refractivity contribution in [1.29, 1.82) is 0 Å². The van der Waals surface area contributed by atoms with Gasteiger partial charge < -0.3 is 10.1 Å². The molecule has 1 unspecified atom stereocenters. The average molecular weight is 291 g/mol. The highest BCUT2D eigenvalue weighted by atomic mass is 32.2. The summed E-state index contributed by atoms with van der Waals surface area (Å²) in [6, 6.07) is -0.470. The van der Waals surface area contributed by atoms with Crippen molar-refractivity contribution < 1.29 is 14.3 Å². The molecule has 18 heavy (non-hydrogen) atoms. The quantitative estimate of drug-likeness (QED) is 0.763. The van der Waals surface area contributed by atoms with E-state index in [9.17, 15) is 9.59 Å². The van der Waals surface area contributed by atoms with E-state index in [0.29, 0.717) is 6.61 Å². The van der Waals surface area contributed by atoms with Gasteiger partial charge in [0.05, 0.1) is 12.6 Å². The Bertz CT molecular complexity index is 280. The molecule has 6 heteroatoms. The maximum absolute atomic E-state index is 12.1. The Kier molecular flexibility index (Phi) is 7.58. The minimum absolute atomic E-state index is 0.0373. The number of nitrogens with one attached hydrogen (secondary N) is 1. The van der Waals surface area contributed by atoms with Gasteiger partial charge in [-0.3, -0.25) is 4.79 Å². The molecule has 1 N–H and O–H groups in total. The summed E-state index contributed by atoms with van der Waals surface area (Å²) >= 11 is 3.34. The van der Waals surface area contributed by atoms with Crippen LogP contribution in [0.4, 0.5) is 4.79 Å². The zero-order valence-corrected chi connectivity index (χ0v) is 12.6. The summed E-state index contributed by atoms with van der Waals surface area (Å²) in [5.41, 5.74) is 0. The predicted molar refractivity (Wildman–Crippen MR) is 77.2 cm³/mol. The first kappa shape index (κ1) is 15.7. The molecule has 1 aliphatic heterocycles. The topological polar surface area (TPSA) is 55.4 Å². The zero-order valence-electron chi connectivity index (χ0n) is 10.9. The van der Waals surface area contributed by atoms with Gasteiger partial charge in [0, 0.05) is 0 Å². The second-order valence-electron chi connectivity index (χ2n) is 4.18. The lowest BCUT2D eigenvalue weighted by Gasteiger charge is -2.23. The van der Waals surface area contributed by atoms with Gasteiger partial charge in [0.2, 0.25) is 0 Å². The summed E-state index contributed by atoms with van der Waals surface area (Å²) in [7, 11) is 0. The Balaban J connectivity index is 2.27. The molecular formula is C12H21NO3S2. The van der Waals surface area contributed by atoms with Crippen molar-refractivity contribution in [2.75, 3.05) is 18.1 Å². The van der Waals surface area contributed by atoms with Crippen LogP contribution in [0, 0.1) is 0 Å². The van der Waals surface area contributed by atoms with E-state index in [0.717, 1.165) is 30.8 Å². The number of carbonyl (C=O) groups is 2. The van der Waals surface area contributed by atoms with Gasteiger partial charge in [-0.05, 0) is 31.3 Å². The van der Waals surface area contributed by atoms with Crippen molar-refractivity contribution >= 4 is 35.4 Å². The lowest BCUT2D eigenvalue weighted by molar-refractivity contribution is -0.118. The fourth-order valence-corrected chi connectivity index (χ4v) is 4.39. The van der Waals surface area contributed by atoms with Crippen LogP contribution in [0.25, 0.3) is 0 Å². The van der Waals surface area contributed by atoms with Crippen LogP contribution in [-0.2, 0) is 9.53 Å². The first-order chi connectivity index (χ1) is 8.65. The molecule has 1 amide bonds. The first-order valence-corrected chi connectivity index (χ1v) is 8.45. The number of alkyl carbamates (subject to hydrolysis) is 1. The van der Waals surface area contributed by atoms with E-state index >= 15 is 0 Å². The number of rotatable bonds is 6. The number of carbonyl (C=O) groups excluding carboxylic acids is 2. The van der Waals surface area contributed by atoms with E-state index in [2.05, 4.69) is 5.32 Å². The largest absolute Gasteiger partial charge is 0.450 e. The van der Waals surface area contributed by atoms with Crippen molar-refractivity contribution in [1.82, 2.24) is 5.32 Å². The highest BCUT2D eigenvalue weighted by Gasteiger charge is 2.27. The van der Waals surface area contributed by atoms with E-state index in [1.165, 1.54) is 0 Å². The van der Waals surface area contributed by atoms with Crippen molar-refractivity contribution in [2.24, 2.45) is 0 Å². The lowest BCUT2D eigenvalue weighted by atomic mass is 10.2. The molecule has 0 saturated carbocycles. The van der Waals surface area contributed by atoms with Gasteiger partial charge in [-0.2, -0.15) is 0 Å². The van der Waals surface area contributed by atoms with Crippen LogP contribution < -0.4 is 5.32 Å². The first-order valence-electron chi connectivity index (χ1n) is 6.35. The number of ether oxygens (including phenoxy) is 1. The number of ketones is 1. The molecule has 1 rings (SSSR count). The maximum atomic E-state index is 12.1. The van der Waals surface area contributed by atoms with E-state index < -0.39 is 12.1 Å². The number of Topliss-reactive ketones (excluding diaryl/α,β-unsaturated/α-hetero) is 1. The molecule has 4 nitrogen and oxygen atoms in total. The van der Waals surface area contributed by atoms with Gasteiger partial charge >= 0.3 is 6.09 Å². The summed E-state index contributed by atoms with van der Waals surface area (Å²) in [5, 5.41) is 2.60. The van der Waals surface area contributed by atoms with E-state index in [1.54, 1.807) is 30.4 Å². The molecule has 0 bridgehead atoms. The number of thioether (sulfide) groups is 2. The summed E-state index contributed by atoms with van der Waals surface area (Å²) in [6.07, 6.45) is 2.50. The van der Waals surface area contributed by atoms with Crippen LogP contribution >= 0.6 is 23.5 Å². The van der Waals surface area contributed by atoms with Gasteiger partial charge in [0.15, 0.2) is 5.78 Å². The molecule has 0 spiro atoms. The van der Waals surface area contributed by atoms with Gasteiger partial charge in [0.1, 0.15) is 4.58 Å². The standard InChI is InChI=1S/C12H21NO3S2/c1-3-4-6-16-12(15)13-9(2)10(14)11-17-7-5-8-18-11/h9,11H,3-8H2,1-2H3,(H,13,15). The van der Waals surface area contributed by atoms with Crippen molar-refractivity contribution in [3.63, 3.8) is 0 Å². The lowest BCUT2D eigenvalue weighted by Crippen LogP contribution is -2.42. The molecule has 1 heterocycles. The predicted octanol–water partition coefficient (Wildman–Crippen LogP) is 2.67. The van der Waals surface area contributed by atoms with Crippen LogP contribution in [-0.4, -0.2) is 40.6 Å². The third-order valence-electron chi connectivity index (χ3n) is 2.55. The summed E-state index contributed by atoms with van der Waals surface area (Å²) in [4.78, 5) is 23.5. The Labute approximate surface area is 117 Å². The van der Waals surface area contributed by atoms with Crippen molar-refractivity contribution in [3.8, 4) is 0 Å². The molecule has 0 aliphatic carbocycles. The number of hydrogen-bond donors (Lipinski definition) is 1. The zero-order chi connectivity index (χ0) is 13.4. The monoisotopic (exact) mass is 291 g/mol. The third-order valence-corrected chi connectivity index (χ3v) is 5.49. The molecule has 0 aromatic rings. The minimum Gasteiger partial charge on any atom is -0.450 e. The van der Waals surface area contributed by atoms with E-state index in [4.69, 9.17) is 4.74 Å². The van der Waals surface area contributed by atoms with Gasteiger partial charge in [-0.15, -0.1) is 23.5 Å². The van der Waals surface area contributed by atoms with E-state index in [1.807, 2.05) is 6.92 Å². The molecule has 0 aromatic carbocycles. The van der Waals surface area contributed by atoms with Crippen LogP contribution in [0.5, 0.6) is 0 Å². The second-order valence-corrected chi connectivity index (χ2v) is 6.91. The molecule has 1 fully saturated rings. The maximum Gasteiger partial charge on any atom is 0.407 e. The molecule has 1 saturated heterocycles. The molecule has 0 aromatic heterocycles. The van der Waals surface area contributed by atoms with Gasteiger partial charge in [0.25, 0.3) is 0 Å². The van der Waals surface area contributed by atoms with Crippen molar-refractivity contribution in [2.45, 2.75) is 43.7 Å². The number of unbranched alkanes of at least 4 members (excludes halogenated alkanes) is 1. The number of hydrogen-bond acceptors (Lipinski definition) is 5. The highest BCUT2D eigenvalue weighted by molar-refractivity contribution is 8.18. The Morgan fingerprint density at radius 1 is 1.39 bits per heavy atom. The Morgan fingerprint density at radius 2 is 2.06 bits per heavy atom. The Morgan fingerprint density at radius 3 is 2.67 bits per heavy atom. The van der Waals surface area contributed by atoms with E-state index in [-0.39, 0.29) is 10.4 Å². The molecule has 1 atom stereocenters. The third kappa shape index (κ3) is 5.52. The summed E-state index contributed by atoms with van der Waals surface area (Å²) in [5.74, 6) is 2.13. The SMILES string of the molecule is CCCCOC(=O)NC(C)C(=O)C1SCCCS1. The van der Waals surface area contributed by atoms with Crippen LogP contribution in [0.15, 0.2) is 0 Å². The molecule has 0 radical (unpaired) electrons. The second kappa shape index (κ2) is 8.69. The molecule has 1 aliphatic rings. The normalized spacial score (nSPS) is 18.1. The fraction of sp³-hybridized carbons (Fsp3) is 0.833. The number of amides is 1. The summed E-state index contributed by atoms with van der Waals surface area (Å²) in [6.45, 7) is 4.17. The van der Waals surface area contributed by atoms with Crippen LogP contribution in [0.1, 0.15) is 33.1 Å². The van der Waals surface area contributed by atoms with Crippen molar-refractivity contribution in [3.05, 3.63) is 0 Å². The average Bonchev–Trinajstić information content (AvgIpc) is 2.39. The van der Waals surface area contributed by atoms with Gasteiger partial charge in [-0.25, -0.2) is 4.79 Å². The van der Waals surface area contributed by atoms with Gasteiger partial charge in [-0.1, -0.05) is 13.3 Å². The minimum atomic E-state index is -0.491. The van der Waals surface area contributed by atoms with Crippen LogP contribution in [0.2, 0.25) is 0 Å². The van der Waals surface area contributed by atoms with Crippen LogP contribution in [0.3, 0.4) is 0 Å². The molecular weight excluding hydrogens is 270 g/mol. The fourth-order valence-electron chi connectivity index (χ4n) is 1.45. The Hall–Kier alpha value is -0.360. The molecule has 104 valence electrons.